The number of benzene rings is 10. The molecule has 77 heavy (non-hydrogen) atoms. The summed E-state index contributed by atoms with van der Waals surface area (Å²) in [5.41, 5.74) is 8.64. The average Bonchev–Trinajstić information content (AvgIpc) is 3.80. The summed E-state index contributed by atoms with van der Waals surface area (Å²) >= 11 is 0. The summed E-state index contributed by atoms with van der Waals surface area (Å²) in [5.74, 6) is 0. The lowest BCUT2D eigenvalue weighted by molar-refractivity contribution is -0.143. The van der Waals surface area contributed by atoms with Gasteiger partial charge in [0.2, 0.25) is 0 Å². The van der Waals surface area contributed by atoms with Gasteiger partial charge < -0.3 is 4.57 Å². The Morgan fingerprint density at radius 1 is 0.286 bits per heavy atom. The maximum atomic E-state index is 14.4. The number of rotatable bonds is 8. The number of alkyl halides is 6. The maximum absolute atomic E-state index is 14.4. The number of nitriles is 4. The third-order valence-electron chi connectivity index (χ3n) is 13.8. The van der Waals surface area contributed by atoms with Gasteiger partial charge in [0.25, 0.3) is 0 Å². The van der Waals surface area contributed by atoms with E-state index in [4.69, 9.17) is 0 Å². The van der Waals surface area contributed by atoms with Gasteiger partial charge in [0.15, 0.2) is 0 Å². The molecule has 0 fully saturated rings. The maximum Gasteiger partial charge on any atom is 0.416 e. The van der Waals surface area contributed by atoms with Gasteiger partial charge in [-0.15, -0.1) is 0 Å². The minimum absolute atomic E-state index is 0.116. The molecule has 11 rings (SSSR count). The molecule has 0 bridgehead atoms. The molecule has 0 atom stereocenters. The molecule has 1 aromatic heterocycles. The molecule has 0 N–H and O–H groups in total. The van der Waals surface area contributed by atoms with Crippen LogP contribution in [-0.4, -0.2) is 4.57 Å². The molecule has 0 amide bonds. The fraction of sp³-hybridized carbons (Fsp3) is 0.0303. The lowest BCUT2D eigenvalue weighted by Gasteiger charge is -2.18. The van der Waals surface area contributed by atoms with Crippen molar-refractivity contribution in [3.05, 3.63) is 246 Å². The first-order valence-electron chi connectivity index (χ1n) is 24.0. The van der Waals surface area contributed by atoms with Crippen LogP contribution < -0.4 is 0 Å². The number of fused-ring (bicyclic) bond motifs is 3. The quantitative estimate of drug-likeness (QED) is 0.142. The van der Waals surface area contributed by atoms with Gasteiger partial charge in [-0.3, -0.25) is 0 Å². The molecule has 1 heterocycles. The van der Waals surface area contributed by atoms with E-state index in [-0.39, 0.29) is 17.2 Å². The Labute approximate surface area is 437 Å². The van der Waals surface area contributed by atoms with Crippen LogP contribution in [0.15, 0.2) is 212 Å². The second-order valence-electron chi connectivity index (χ2n) is 18.3. The Hall–Kier alpha value is -10.5. The first kappa shape index (κ1) is 48.8. The minimum atomic E-state index is -5.08. The van der Waals surface area contributed by atoms with E-state index in [0.717, 1.165) is 34.4 Å². The summed E-state index contributed by atoms with van der Waals surface area (Å²) in [7, 11) is 0. The smallest absolute Gasteiger partial charge is 0.309 e. The van der Waals surface area contributed by atoms with Crippen molar-refractivity contribution >= 4 is 21.8 Å². The van der Waals surface area contributed by atoms with E-state index in [1.165, 1.54) is 6.07 Å². The number of para-hydroxylation sites is 1. The van der Waals surface area contributed by atoms with E-state index >= 15 is 0 Å². The first-order chi connectivity index (χ1) is 37.2. The molecule has 366 valence electrons. The fourth-order valence-corrected chi connectivity index (χ4v) is 10.2. The lowest BCUT2D eigenvalue weighted by Crippen LogP contribution is -2.11. The third-order valence-corrected chi connectivity index (χ3v) is 13.8. The molecule has 0 radical (unpaired) electrons. The topological polar surface area (TPSA) is 100 Å². The third kappa shape index (κ3) is 9.10. The van der Waals surface area contributed by atoms with Crippen LogP contribution in [0.1, 0.15) is 33.4 Å². The van der Waals surface area contributed by atoms with Crippen LogP contribution in [0.3, 0.4) is 0 Å². The zero-order valence-corrected chi connectivity index (χ0v) is 40.2. The number of nitrogens with zero attached hydrogens (tertiary/aromatic N) is 5. The molecule has 0 saturated heterocycles. The van der Waals surface area contributed by atoms with Crippen LogP contribution in [0.5, 0.6) is 0 Å². The average molecular weight is 1010 g/mol. The minimum Gasteiger partial charge on any atom is -0.309 e. The van der Waals surface area contributed by atoms with Gasteiger partial charge in [-0.25, -0.2) is 0 Å². The Bertz CT molecular complexity index is 3980. The summed E-state index contributed by atoms with van der Waals surface area (Å²) in [6.07, 6.45) is -10.2. The highest BCUT2D eigenvalue weighted by Crippen LogP contribution is 2.45. The van der Waals surface area contributed by atoms with Crippen molar-refractivity contribution in [3.63, 3.8) is 0 Å². The predicted octanol–water partition coefficient (Wildman–Crippen LogP) is 18.0. The highest BCUT2D eigenvalue weighted by Gasteiger charge is 2.37. The predicted molar refractivity (Wildman–Crippen MR) is 288 cm³/mol. The lowest BCUT2D eigenvalue weighted by atomic mass is 9.89. The van der Waals surface area contributed by atoms with Gasteiger partial charge in [0.1, 0.15) is 0 Å². The van der Waals surface area contributed by atoms with Gasteiger partial charge in [-0.2, -0.15) is 47.4 Å². The highest BCUT2D eigenvalue weighted by atomic mass is 19.4. The first-order valence-corrected chi connectivity index (χ1v) is 24.0. The van der Waals surface area contributed by atoms with E-state index < -0.39 is 23.5 Å². The number of hydrogen-bond donors (Lipinski definition) is 0. The van der Waals surface area contributed by atoms with Crippen molar-refractivity contribution in [3.8, 4) is 108 Å². The van der Waals surface area contributed by atoms with Crippen LogP contribution in [0.25, 0.3) is 105 Å². The molecule has 0 aliphatic rings. The Morgan fingerprint density at radius 2 is 0.584 bits per heavy atom. The van der Waals surface area contributed by atoms with E-state index in [1.807, 2.05) is 126 Å². The van der Waals surface area contributed by atoms with Crippen LogP contribution in [0, 0.1) is 45.3 Å². The standard InChI is InChI=1S/C66H35F6N5/c67-65(68,69)53-31-52(32-54(35-53)66(70,71)72)59-19-9-10-20-62(59)77-63-23-21-40(46-25-48(55-15-5-1-11-42(55)36-73)29-49(26-46)56-16-6-2-12-43(56)37-74)33-60(63)61-34-41(22-24-64(61)77)47-27-50(57-17-7-3-13-44(57)38-75)30-51(28-47)58-18-8-4-14-45(58)39-76/h1-35H. The zero-order chi connectivity index (χ0) is 53.6. The van der Waals surface area contributed by atoms with Crippen molar-refractivity contribution in [1.29, 1.82) is 21.0 Å². The number of hydrogen-bond acceptors (Lipinski definition) is 4. The second kappa shape index (κ2) is 19.4. The van der Waals surface area contributed by atoms with Gasteiger partial charge in [-0.1, -0.05) is 103 Å². The van der Waals surface area contributed by atoms with E-state index in [9.17, 15) is 47.4 Å². The Kier molecular flexibility index (Phi) is 12.3. The van der Waals surface area contributed by atoms with Gasteiger partial charge in [0, 0.05) is 16.3 Å². The van der Waals surface area contributed by atoms with E-state index in [0.29, 0.717) is 94.3 Å². The second-order valence-corrected chi connectivity index (χ2v) is 18.3. The Morgan fingerprint density at radius 3 is 0.922 bits per heavy atom. The van der Waals surface area contributed by atoms with Crippen LogP contribution in [0.4, 0.5) is 26.3 Å². The summed E-state index contributed by atoms with van der Waals surface area (Å²) < 4.78 is 88.3. The van der Waals surface area contributed by atoms with Gasteiger partial charge in [0.05, 0.1) is 74.4 Å². The zero-order valence-electron chi connectivity index (χ0n) is 40.2. The van der Waals surface area contributed by atoms with Crippen LogP contribution in [-0.2, 0) is 12.4 Å². The molecule has 10 aromatic carbocycles. The molecule has 5 nitrogen and oxygen atoms in total. The summed E-state index contributed by atoms with van der Waals surface area (Å²) in [4.78, 5) is 0. The van der Waals surface area contributed by atoms with Crippen molar-refractivity contribution in [2.24, 2.45) is 0 Å². The highest BCUT2D eigenvalue weighted by molar-refractivity contribution is 6.12. The summed E-state index contributed by atoms with van der Waals surface area (Å²) in [6, 6.07) is 69.2. The molecular weight excluding hydrogens is 977 g/mol. The van der Waals surface area contributed by atoms with Crippen LogP contribution in [0.2, 0.25) is 0 Å². The van der Waals surface area contributed by atoms with Crippen molar-refractivity contribution in [2.75, 3.05) is 0 Å². The molecule has 0 saturated carbocycles. The van der Waals surface area contributed by atoms with Crippen molar-refractivity contribution in [2.45, 2.75) is 12.4 Å². The van der Waals surface area contributed by atoms with Crippen molar-refractivity contribution in [1.82, 2.24) is 4.57 Å². The summed E-state index contributed by atoms with van der Waals surface area (Å²) in [5, 5.41) is 42.2. The molecule has 0 spiro atoms. The SMILES string of the molecule is N#Cc1ccccc1-c1cc(-c2ccc3c(c2)c2cc(-c4cc(-c5ccccc5C#N)cc(-c5ccccc5C#N)c4)ccc2n3-c2ccccc2-c2cc(C(F)(F)F)cc(C(F)(F)F)c2)cc(-c2ccccc2C#N)c1. The van der Waals surface area contributed by atoms with Gasteiger partial charge >= 0.3 is 12.4 Å². The summed E-state index contributed by atoms with van der Waals surface area (Å²) in [6.45, 7) is 0. The molecule has 0 aliphatic heterocycles. The monoisotopic (exact) mass is 1010 g/mol. The molecular formula is C66H35F6N5. The van der Waals surface area contributed by atoms with E-state index in [2.05, 4.69) is 24.3 Å². The van der Waals surface area contributed by atoms with E-state index in [1.54, 1.807) is 66.7 Å². The molecule has 11 aromatic rings. The molecule has 11 heteroatoms. The fourth-order valence-electron chi connectivity index (χ4n) is 10.2. The Balaban J connectivity index is 1.20. The van der Waals surface area contributed by atoms with Gasteiger partial charge in [-0.05, 0) is 182 Å². The van der Waals surface area contributed by atoms with Crippen LogP contribution >= 0.6 is 0 Å². The molecule has 0 aliphatic carbocycles. The normalized spacial score (nSPS) is 11.5. The number of aromatic nitrogens is 1. The largest absolute Gasteiger partial charge is 0.416 e. The van der Waals surface area contributed by atoms with Crippen molar-refractivity contribution < 1.29 is 26.3 Å². The molecule has 0 unspecified atom stereocenters. The number of halogens is 6.